The maximum atomic E-state index is 11.6. The van der Waals surface area contributed by atoms with Gasteiger partial charge in [-0.3, -0.25) is 14.9 Å². The Morgan fingerprint density at radius 2 is 2.05 bits per heavy atom. The van der Waals surface area contributed by atoms with Crippen molar-refractivity contribution < 1.29 is 9.72 Å². The number of nitrogens with zero attached hydrogens (tertiary/aromatic N) is 2. The van der Waals surface area contributed by atoms with Crippen LogP contribution in [0.3, 0.4) is 0 Å². The summed E-state index contributed by atoms with van der Waals surface area (Å²) in [7, 11) is 0. The van der Waals surface area contributed by atoms with Crippen molar-refractivity contribution in [3.05, 3.63) is 32.3 Å². The summed E-state index contributed by atoms with van der Waals surface area (Å²) in [5, 5.41) is 11.3. The number of carbonyl (C=O) groups is 1. The van der Waals surface area contributed by atoms with Gasteiger partial charge in [-0.05, 0) is 24.8 Å². The van der Waals surface area contributed by atoms with Crippen LogP contribution in [0.25, 0.3) is 0 Å². The first-order valence-corrected chi connectivity index (χ1v) is 7.22. The average molecular weight is 342 g/mol. The molecular weight excluding hydrogens is 326 g/mol. The van der Waals surface area contributed by atoms with Gasteiger partial charge in [0.25, 0.3) is 11.6 Å². The lowest BCUT2D eigenvalue weighted by Crippen LogP contribution is -2.35. The molecule has 2 rings (SSSR count). The molecule has 0 aromatic heterocycles. The number of rotatable bonds is 3. The van der Waals surface area contributed by atoms with Crippen LogP contribution in [-0.4, -0.2) is 23.9 Å². The van der Waals surface area contributed by atoms with Gasteiger partial charge in [-0.2, -0.15) is 0 Å². The second-order valence-electron chi connectivity index (χ2n) is 5.11. The van der Waals surface area contributed by atoms with Gasteiger partial charge in [0.1, 0.15) is 5.69 Å². The van der Waals surface area contributed by atoms with E-state index in [4.69, 9.17) is 5.73 Å². The van der Waals surface area contributed by atoms with Gasteiger partial charge < -0.3 is 10.6 Å². The summed E-state index contributed by atoms with van der Waals surface area (Å²) in [5.74, 6) is -0.0548. The molecule has 1 aromatic rings. The van der Waals surface area contributed by atoms with Crippen molar-refractivity contribution in [3.8, 4) is 0 Å². The topological polar surface area (TPSA) is 89.5 Å². The fourth-order valence-corrected chi connectivity index (χ4v) is 2.92. The number of piperidine rings is 1. The van der Waals surface area contributed by atoms with E-state index in [-0.39, 0.29) is 11.3 Å². The maximum Gasteiger partial charge on any atom is 0.294 e. The highest BCUT2D eigenvalue weighted by Gasteiger charge is 2.28. The van der Waals surface area contributed by atoms with Gasteiger partial charge in [0.05, 0.1) is 10.5 Å². The maximum absolute atomic E-state index is 11.6. The normalized spacial score (nSPS) is 16.2. The molecule has 1 aliphatic rings. The van der Waals surface area contributed by atoms with Crippen LogP contribution in [-0.2, 0) is 0 Å². The van der Waals surface area contributed by atoms with Gasteiger partial charge in [-0.25, -0.2) is 0 Å². The van der Waals surface area contributed by atoms with Gasteiger partial charge in [-0.1, -0.05) is 22.9 Å². The fourth-order valence-electron chi connectivity index (χ4n) is 2.48. The molecule has 1 amide bonds. The van der Waals surface area contributed by atoms with E-state index in [1.807, 2.05) is 4.90 Å². The van der Waals surface area contributed by atoms with E-state index in [2.05, 4.69) is 22.9 Å². The summed E-state index contributed by atoms with van der Waals surface area (Å²) in [6.45, 7) is 3.55. The minimum atomic E-state index is -0.650. The summed E-state index contributed by atoms with van der Waals surface area (Å²) in [6, 6.07) is 2.96. The molecule has 0 saturated carbocycles. The van der Waals surface area contributed by atoms with Crippen LogP contribution in [0.2, 0.25) is 0 Å². The first kappa shape index (κ1) is 14.8. The standard InChI is InChI=1S/C13H16BrN3O3/c1-8-2-4-16(5-3-8)12-10(13(15)18)6-9(14)7-11(12)17(19)20/h6-8H,2-5H2,1H3,(H2,15,18). The number of nitrogens with two attached hydrogens (primary N) is 1. The Morgan fingerprint density at radius 1 is 1.45 bits per heavy atom. The van der Waals surface area contributed by atoms with Crippen molar-refractivity contribution in [1.82, 2.24) is 0 Å². The molecule has 6 nitrogen and oxygen atoms in total. The lowest BCUT2D eigenvalue weighted by molar-refractivity contribution is -0.384. The number of nitro groups is 1. The molecule has 0 unspecified atom stereocenters. The molecule has 0 atom stereocenters. The summed E-state index contributed by atoms with van der Waals surface area (Å²) >= 11 is 3.19. The van der Waals surface area contributed by atoms with Gasteiger partial charge in [0, 0.05) is 23.6 Å². The highest BCUT2D eigenvalue weighted by atomic mass is 79.9. The molecule has 7 heteroatoms. The molecule has 20 heavy (non-hydrogen) atoms. The Labute approximate surface area is 125 Å². The second kappa shape index (κ2) is 5.78. The van der Waals surface area contributed by atoms with Crippen LogP contribution in [0.5, 0.6) is 0 Å². The van der Waals surface area contributed by atoms with Gasteiger partial charge in [-0.15, -0.1) is 0 Å². The zero-order valence-electron chi connectivity index (χ0n) is 11.1. The quantitative estimate of drug-likeness (QED) is 0.676. The molecule has 2 N–H and O–H groups in total. The predicted molar refractivity (Wildman–Crippen MR) is 79.9 cm³/mol. The highest BCUT2D eigenvalue weighted by molar-refractivity contribution is 9.10. The van der Waals surface area contributed by atoms with Gasteiger partial charge in [0.15, 0.2) is 0 Å². The van der Waals surface area contributed by atoms with Gasteiger partial charge in [0.2, 0.25) is 0 Å². The first-order chi connectivity index (χ1) is 9.40. The zero-order valence-corrected chi connectivity index (χ0v) is 12.7. The van der Waals surface area contributed by atoms with Gasteiger partial charge >= 0.3 is 0 Å². The minimum Gasteiger partial charge on any atom is -0.366 e. The minimum absolute atomic E-state index is 0.0808. The smallest absolute Gasteiger partial charge is 0.294 e. The third-order valence-electron chi connectivity index (χ3n) is 3.62. The highest BCUT2D eigenvalue weighted by Crippen LogP contribution is 2.37. The number of halogens is 1. The monoisotopic (exact) mass is 341 g/mol. The Bertz CT molecular complexity index is 519. The number of amides is 1. The number of hydrogen-bond donors (Lipinski definition) is 1. The van der Waals surface area contributed by atoms with E-state index in [1.54, 1.807) is 6.07 Å². The Balaban J connectivity index is 2.53. The third-order valence-corrected chi connectivity index (χ3v) is 4.07. The zero-order chi connectivity index (χ0) is 14.9. The molecule has 0 spiro atoms. The summed E-state index contributed by atoms with van der Waals surface area (Å²) in [5.41, 5.74) is 5.84. The van der Waals surface area contributed by atoms with Crippen molar-refractivity contribution in [1.29, 1.82) is 0 Å². The van der Waals surface area contributed by atoms with Crippen molar-refractivity contribution >= 4 is 33.2 Å². The Morgan fingerprint density at radius 3 is 2.55 bits per heavy atom. The molecule has 0 radical (unpaired) electrons. The molecule has 1 saturated heterocycles. The number of hydrogen-bond acceptors (Lipinski definition) is 4. The Hall–Kier alpha value is -1.63. The number of anilines is 1. The summed E-state index contributed by atoms with van der Waals surface area (Å²) in [4.78, 5) is 24.3. The molecule has 1 aromatic carbocycles. The van der Waals surface area contributed by atoms with Crippen LogP contribution in [0.4, 0.5) is 11.4 Å². The number of benzene rings is 1. The van der Waals surface area contributed by atoms with Crippen molar-refractivity contribution in [2.75, 3.05) is 18.0 Å². The molecule has 1 fully saturated rings. The van der Waals surface area contributed by atoms with E-state index < -0.39 is 10.8 Å². The van der Waals surface area contributed by atoms with E-state index in [0.29, 0.717) is 29.2 Å². The van der Waals surface area contributed by atoms with E-state index in [1.165, 1.54) is 6.07 Å². The lowest BCUT2D eigenvalue weighted by atomic mass is 9.97. The Kier molecular flexibility index (Phi) is 4.27. The molecule has 108 valence electrons. The van der Waals surface area contributed by atoms with Crippen LogP contribution in [0.15, 0.2) is 16.6 Å². The second-order valence-corrected chi connectivity index (χ2v) is 6.03. The lowest BCUT2D eigenvalue weighted by Gasteiger charge is -2.32. The summed E-state index contributed by atoms with van der Waals surface area (Å²) < 4.78 is 0.479. The fraction of sp³-hybridized carbons (Fsp3) is 0.462. The SMILES string of the molecule is CC1CCN(c2c(C(N)=O)cc(Br)cc2[N+](=O)[O-])CC1. The van der Waals surface area contributed by atoms with Crippen LogP contribution >= 0.6 is 15.9 Å². The molecular formula is C13H16BrN3O3. The van der Waals surface area contributed by atoms with Crippen molar-refractivity contribution in [2.45, 2.75) is 19.8 Å². The van der Waals surface area contributed by atoms with Crippen LogP contribution in [0.1, 0.15) is 30.1 Å². The molecule has 0 aliphatic carbocycles. The van der Waals surface area contributed by atoms with Crippen molar-refractivity contribution in [2.24, 2.45) is 11.7 Å². The number of carbonyl (C=O) groups excluding carboxylic acids is 1. The average Bonchev–Trinajstić information content (AvgIpc) is 2.38. The molecule has 0 bridgehead atoms. The first-order valence-electron chi connectivity index (χ1n) is 6.43. The predicted octanol–water partition coefficient (Wildman–Crippen LogP) is 2.69. The molecule has 1 aliphatic heterocycles. The molecule has 1 heterocycles. The van der Waals surface area contributed by atoms with Crippen LogP contribution in [0, 0.1) is 16.0 Å². The number of nitro benzene ring substituents is 1. The van der Waals surface area contributed by atoms with E-state index >= 15 is 0 Å². The summed E-state index contributed by atoms with van der Waals surface area (Å²) in [6.07, 6.45) is 1.90. The van der Waals surface area contributed by atoms with E-state index in [9.17, 15) is 14.9 Å². The van der Waals surface area contributed by atoms with E-state index in [0.717, 1.165) is 12.8 Å². The largest absolute Gasteiger partial charge is 0.366 e. The number of primary amides is 1. The van der Waals surface area contributed by atoms with Crippen molar-refractivity contribution in [3.63, 3.8) is 0 Å². The third kappa shape index (κ3) is 2.92. The van der Waals surface area contributed by atoms with Crippen LogP contribution < -0.4 is 10.6 Å².